The Morgan fingerprint density at radius 1 is 0.339 bits per heavy atom. The number of esters is 4. The first kappa shape index (κ1) is 96.4. The lowest BCUT2D eigenvalue weighted by molar-refractivity contribution is -0.155. The summed E-state index contributed by atoms with van der Waals surface area (Å²) >= 11 is 0. The number of hydrogen-bond acceptors (Lipinski definition) is 24. The van der Waals surface area contributed by atoms with Crippen molar-refractivity contribution in [3.8, 4) is 0 Å². The molecule has 5 aromatic rings. The molecule has 6 atom stereocenters. The summed E-state index contributed by atoms with van der Waals surface area (Å²) < 4.78 is 44.6. The number of nitrogens with zero attached hydrogens (tertiary/aromatic N) is 3. The van der Waals surface area contributed by atoms with Gasteiger partial charge in [-0.2, -0.15) is 0 Å². The molecule has 35 heteroatoms. The van der Waals surface area contributed by atoms with Gasteiger partial charge in [-0.25, -0.2) is 33.4 Å². The summed E-state index contributed by atoms with van der Waals surface area (Å²) in [6.45, 7) is 18.5. The van der Waals surface area contributed by atoms with Gasteiger partial charge in [0.05, 0.1) is 32.0 Å². The second kappa shape index (κ2) is 49.0. The van der Waals surface area contributed by atoms with Gasteiger partial charge in [-0.15, -0.1) is 5.10 Å². The SMILES string of the molecule is CC(C)(C)OC(=O)NCCCC[C@H](NC(=O)OC(C)(C)C)C(=O)NCCCC[C@H](NC(=O)[C@H](CCCCNC(=O)OC(C)(C)C)NC(=O)OC(C)(C)C)C(=O)NCc1cn(CC(=O)N[C@@H](CC(=O)N[C@@H](CC(=O)OCc2ccccc2)C(=O)OCc2ccccc2)C(=O)N[C@@H](CC(=O)OCc2ccccc2)C(=O)OCc2ccccc2)nn1. The highest BCUT2D eigenvalue weighted by Crippen LogP contribution is 2.17. The van der Waals surface area contributed by atoms with Crippen molar-refractivity contribution >= 4 is 83.7 Å². The van der Waals surface area contributed by atoms with Crippen LogP contribution in [0.1, 0.15) is 188 Å². The van der Waals surface area contributed by atoms with Crippen LogP contribution < -0.4 is 53.2 Å². The zero-order valence-electron chi connectivity index (χ0n) is 69.3. The zero-order chi connectivity index (χ0) is 86.9. The Bertz CT molecular complexity index is 4070. The van der Waals surface area contributed by atoms with Crippen LogP contribution in [0, 0.1) is 0 Å². The fourth-order valence-electron chi connectivity index (χ4n) is 10.8. The van der Waals surface area contributed by atoms with Gasteiger partial charge in [0.15, 0.2) is 0 Å². The maximum Gasteiger partial charge on any atom is 0.408 e. The quantitative estimate of drug-likeness (QED) is 0.0103. The Labute approximate surface area is 687 Å². The molecule has 0 aliphatic heterocycles. The molecule has 0 aliphatic rings. The molecule has 10 N–H and O–H groups in total. The largest absolute Gasteiger partial charge is 0.461 e. The maximum atomic E-state index is 14.7. The number of alkyl carbamates (subject to hydrolysis) is 4. The van der Waals surface area contributed by atoms with Crippen molar-refractivity contribution in [3.63, 3.8) is 0 Å². The maximum absolute atomic E-state index is 14.7. The van der Waals surface area contributed by atoms with Gasteiger partial charge in [0.2, 0.25) is 35.4 Å². The first-order valence-corrected chi connectivity index (χ1v) is 39.1. The van der Waals surface area contributed by atoms with Crippen molar-refractivity contribution in [3.05, 3.63) is 155 Å². The molecule has 0 spiro atoms. The number of hydrogen-bond donors (Lipinski definition) is 10. The highest BCUT2D eigenvalue weighted by Gasteiger charge is 2.36. The Balaban J connectivity index is 1.39. The second-order valence-corrected chi connectivity index (χ2v) is 31.6. The molecule has 1 aromatic heterocycles. The number of carbonyl (C=O) groups excluding carboxylic acids is 14. The number of nitrogens with one attached hydrogen (secondary N) is 10. The number of rotatable bonds is 45. The number of ether oxygens (including phenoxy) is 8. The molecule has 5 rings (SSSR count). The van der Waals surface area contributed by atoms with Crippen LogP contribution in [0.5, 0.6) is 0 Å². The van der Waals surface area contributed by atoms with E-state index in [9.17, 15) is 67.1 Å². The predicted octanol–water partition coefficient (Wildman–Crippen LogP) is 7.44. The fourth-order valence-corrected chi connectivity index (χ4v) is 10.8. The van der Waals surface area contributed by atoms with Crippen molar-refractivity contribution in [1.29, 1.82) is 0 Å². The summed E-state index contributed by atoms with van der Waals surface area (Å²) in [6, 6.07) is 25.0. The minimum Gasteiger partial charge on any atom is -0.461 e. The van der Waals surface area contributed by atoms with Gasteiger partial charge in [-0.1, -0.05) is 127 Å². The van der Waals surface area contributed by atoms with Crippen LogP contribution in [0.2, 0.25) is 0 Å². The second-order valence-electron chi connectivity index (χ2n) is 31.6. The third-order valence-corrected chi connectivity index (χ3v) is 16.3. The molecule has 10 amide bonds. The standard InChI is InChI=1S/C83H115N13O22/c1-80(2,3)115-76(107)85-43-29-26-40-61(92-78(109)117-82(7,8)9)70(101)84-42-28-25-39-60(90-72(103)62(93-79(110)118-83(10,11)12)41-27-30-44-86-77(108)116-81(4,5)6)71(102)87-48-59-49-96(95-94-59)50-67(98)88-63(73(104)91-65(75(106)114-54-58-37-23-16-24-38-58)47-69(100)112-52-56-33-19-14-20-34-56)45-66(97)89-64(74(105)113-53-57-35-21-15-22-36-57)46-68(99)111-51-55-31-17-13-18-32-55/h13-24,31-38,49,60-65H,25-30,39-48,50-54H2,1-12H3,(H,84,101)(H,85,107)(H,86,108)(H,87,102)(H,88,98)(H,89,97)(H,90,103)(H,91,104)(H,92,109)(H,93,110)/t60-,61-,62-,63-,64-,65-/m0/s1. The Hall–Kier alpha value is -12.2. The van der Waals surface area contributed by atoms with Crippen LogP contribution in [-0.4, -0.2) is 177 Å². The van der Waals surface area contributed by atoms with Gasteiger partial charge in [0.25, 0.3) is 0 Å². The molecule has 0 bridgehead atoms. The van der Waals surface area contributed by atoms with Crippen LogP contribution in [-0.2, 0) is 125 Å². The summed E-state index contributed by atoms with van der Waals surface area (Å²) in [5.74, 6) is -9.48. The summed E-state index contributed by atoms with van der Waals surface area (Å²) in [4.78, 5) is 192. The number of carbonyl (C=O) groups is 14. The van der Waals surface area contributed by atoms with E-state index in [4.69, 9.17) is 37.9 Å². The van der Waals surface area contributed by atoms with Crippen molar-refractivity contribution in [2.75, 3.05) is 19.6 Å². The molecule has 0 saturated heterocycles. The Kier molecular flexibility index (Phi) is 40.0. The first-order chi connectivity index (χ1) is 55.7. The van der Waals surface area contributed by atoms with Gasteiger partial charge in [0, 0.05) is 19.6 Å². The van der Waals surface area contributed by atoms with Crippen molar-refractivity contribution in [2.24, 2.45) is 0 Å². The number of aromatic nitrogens is 3. The van der Waals surface area contributed by atoms with E-state index in [1.807, 2.05) is 0 Å². The van der Waals surface area contributed by atoms with E-state index in [-0.39, 0.29) is 96.8 Å². The third-order valence-electron chi connectivity index (χ3n) is 16.3. The molecule has 0 fully saturated rings. The minimum absolute atomic E-state index is 0.00619. The van der Waals surface area contributed by atoms with E-state index < -0.39 is 168 Å². The van der Waals surface area contributed by atoms with E-state index in [1.165, 1.54) is 6.20 Å². The number of unbranched alkanes of at least 4 members (excludes halogenated alkanes) is 3. The Morgan fingerprint density at radius 3 is 1.08 bits per heavy atom. The monoisotopic (exact) mass is 1650 g/mol. The molecular weight excluding hydrogens is 1530 g/mol. The molecular formula is C83H115N13O22. The van der Waals surface area contributed by atoms with Crippen molar-refractivity contribution < 1.29 is 105 Å². The minimum atomic E-state index is -1.94. The summed E-state index contributed by atoms with van der Waals surface area (Å²) in [5, 5.41) is 34.3. The lowest BCUT2D eigenvalue weighted by atomic mass is 10.1. The highest BCUT2D eigenvalue weighted by molar-refractivity contribution is 5.96. The predicted molar refractivity (Wildman–Crippen MR) is 428 cm³/mol. The fraction of sp³-hybridized carbons (Fsp3) is 0.518. The van der Waals surface area contributed by atoms with Gasteiger partial charge in [-0.3, -0.25) is 38.4 Å². The van der Waals surface area contributed by atoms with Gasteiger partial charge >= 0.3 is 48.3 Å². The van der Waals surface area contributed by atoms with Crippen LogP contribution >= 0.6 is 0 Å². The van der Waals surface area contributed by atoms with E-state index in [1.54, 1.807) is 204 Å². The van der Waals surface area contributed by atoms with E-state index in [0.717, 1.165) is 4.68 Å². The summed E-state index contributed by atoms with van der Waals surface area (Å²) in [5.41, 5.74) is -0.983. The first-order valence-electron chi connectivity index (χ1n) is 39.1. The molecule has 1 heterocycles. The molecule has 4 aromatic carbocycles. The Morgan fingerprint density at radius 2 is 0.669 bits per heavy atom. The van der Waals surface area contributed by atoms with Gasteiger partial charge in [-0.05, 0) is 163 Å². The summed E-state index contributed by atoms with van der Waals surface area (Å²) in [7, 11) is 0. The molecule has 118 heavy (non-hydrogen) atoms. The van der Waals surface area contributed by atoms with E-state index in [2.05, 4.69) is 63.5 Å². The molecule has 0 saturated carbocycles. The average Bonchev–Trinajstić information content (AvgIpc) is 1.51. The number of benzene rings is 4. The molecule has 0 unspecified atom stereocenters. The van der Waals surface area contributed by atoms with Crippen LogP contribution in [0.4, 0.5) is 19.2 Å². The van der Waals surface area contributed by atoms with Gasteiger partial charge < -0.3 is 91.1 Å². The lowest BCUT2D eigenvalue weighted by Crippen LogP contribution is -2.55. The topological polar surface area (TPSA) is 464 Å². The van der Waals surface area contributed by atoms with Crippen molar-refractivity contribution in [1.82, 2.24) is 68.2 Å². The number of amides is 10. The lowest BCUT2D eigenvalue weighted by Gasteiger charge is -2.25. The van der Waals surface area contributed by atoms with Crippen molar-refractivity contribution in [2.45, 2.75) is 258 Å². The van der Waals surface area contributed by atoms with Crippen LogP contribution in [0.15, 0.2) is 128 Å². The summed E-state index contributed by atoms with van der Waals surface area (Å²) in [6.07, 6.45) is -2.41. The zero-order valence-corrected chi connectivity index (χ0v) is 69.3. The average molecular weight is 1650 g/mol. The normalized spacial score (nSPS) is 12.9. The van der Waals surface area contributed by atoms with E-state index in [0.29, 0.717) is 41.5 Å². The molecule has 0 radical (unpaired) electrons. The molecule has 35 nitrogen and oxygen atoms in total. The van der Waals surface area contributed by atoms with Crippen LogP contribution in [0.3, 0.4) is 0 Å². The smallest absolute Gasteiger partial charge is 0.408 e. The van der Waals surface area contributed by atoms with E-state index >= 15 is 0 Å². The molecule has 644 valence electrons. The van der Waals surface area contributed by atoms with Crippen LogP contribution in [0.25, 0.3) is 0 Å². The third kappa shape index (κ3) is 41.9. The highest BCUT2D eigenvalue weighted by atomic mass is 16.6. The van der Waals surface area contributed by atoms with Gasteiger partial charge in [0.1, 0.15) is 97.3 Å². The molecule has 0 aliphatic carbocycles.